The molecule has 0 aromatic heterocycles. The first kappa shape index (κ1) is 18.9. The average molecular weight is 301 g/mol. The SMILES string of the molecule is CC1CCCCC1OCC(O)CNCC(C)(C)CCCO. The van der Waals surface area contributed by atoms with E-state index in [1.807, 2.05) is 0 Å². The normalized spacial score (nSPS) is 25.0. The molecular weight excluding hydrogens is 266 g/mol. The molecule has 3 N–H and O–H groups in total. The zero-order chi connectivity index (χ0) is 15.7. The lowest BCUT2D eigenvalue weighted by Crippen LogP contribution is -2.38. The van der Waals surface area contributed by atoms with Gasteiger partial charge in [0, 0.05) is 19.7 Å². The third-order valence-corrected chi connectivity index (χ3v) is 4.53. The van der Waals surface area contributed by atoms with Gasteiger partial charge >= 0.3 is 0 Å². The fraction of sp³-hybridized carbons (Fsp3) is 1.00. The summed E-state index contributed by atoms with van der Waals surface area (Å²) in [4.78, 5) is 0. The molecule has 4 nitrogen and oxygen atoms in total. The number of aliphatic hydroxyl groups excluding tert-OH is 2. The van der Waals surface area contributed by atoms with Crippen molar-refractivity contribution in [1.82, 2.24) is 5.32 Å². The third-order valence-electron chi connectivity index (χ3n) is 4.53. The number of hydrogen-bond donors (Lipinski definition) is 3. The Hall–Kier alpha value is -0.160. The van der Waals surface area contributed by atoms with Gasteiger partial charge in [0.15, 0.2) is 0 Å². The summed E-state index contributed by atoms with van der Waals surface area (Å²) >= 11 is 0. The molecule has 0 heterocycles. The Labute approximate surface area is 130 Å². The first-order chi connectivity index (χ1) is 9.94. The maximum absolute atomic E-state index is 10.0. The van der Waals surface area contributed by atoms with Crippen LogP contribution in [0.5, 0.6) is 0 Å². The second-order valence-corrected chi connectivity index (χ2v) is 7.41. The average Bonchev–Trinajstić information content (AvgIpc) is 2.44. The van der Waals surface area contributed by atoms with Crippen molar-refractivity contribution in [1.29, 1.82) is 0 Å². The quantitative estimate of drug-likeness (QED) is 0.579. The maximum Gasteiger partial charge on any atom is 0.0897 e. The summed E-state index contributed by atoms with van der Waals surface area (Å²) in [6.07, 6.45) is 6.66. The number of hydrogen-bond acceptors (Lipinski definition) is 4. The Bertz CT molecular complexity index is 271. The molecule has 3 atom stereocenters. The van der Waals surface area contributed by atoms with Gasteiger partial charge in [-0.2, -0.15) is 0 Å². The summed E-state index contributed by atoms with van der Waals surface area (Å²) in [6, 6.07) is 0. The zero-order valence-corrected chi connectivity index (χ0v) is 14.1. The molecule has 0 bridgehead atoms. The molecule has 3 unspecified atom stereocenters. The molecule has 0 amide bonds. The van der Waals surface area contributed by atoms with Crippen LogP contribution >= 0.6 is 0 Å². The van der Waals surface area contributed by atoms with Gasteiger partial charge in [0.25, 0.3) is 0 Å². The molecule has 0 saturated heterocycles. The van der Waals surface area contributed by atoms with E-state index in [9.17, 15) is 5.11 Å². The van der Waals surface area contributed by atoms with Crippen molar-refractivity contribution in [2.75, 3.05) is 26.3 Å². The van der Waals surface area contributed by atoms with Gasteiger partial charge in [-0.25, -0.2) is 0 Å². The molecule has 126 valence electrons. The van der Waals surface area contributed by atoms with Crippen LogP contribution in [0.2, 0.25) is 0 Å². The van der Waals surface area contributed by atoms with Gasteiger partial charge in [0.1, 0.15) is 0 Å². The molecule has 4 heteroatoms. The fourth-order valence-corrected chi connectivity index (χ4v) is 3.05. The molecule has 0 spiro atoms. The van der Waals surface area contributed by atoms with Crippen molar-refractivity contribution in [3.05, 3.63) is 0 Å². The maximum atomic E-state index is 10.0. The lowest BCUT2D eigenvalue weighted by molar-refractivity contribution is -0.0454. The lowest BCUT2D eigenvalue weighted by Gasteiger charge is -2.30. The van der Waals surface area contributed by atoms with Crippen molar-refractivity contribution < 1.29 is 14.9 Å². The molecule has 21 heavy (non-hydrogen) atoms. The van der Waals surface area contributed by atoms with E-state index in [-0.39, 0.29) is 12.0 Å². The van der Waals surface area contributed by atoms with Gasteiger partial charge in [0.2, 0.25) is 0 Å². The summed E-state index contributed by atoms with van der Waals surface area (Å²) in [5.74, 6) is 0.622. The Morgan fingerprint density at radius 1 is 1.29 bits per heavy atom. The highest BCUT2D eigenvalue weighted by atomic mass is 16.5. The van der Waals surface area contributed by atoms with Gasteiger partial charge in [-0.1, -0.05) is 33.6 Å². The lowest BCUT2D eigenvalue weighted by atomic mass is 9.88. The van der Waals surface area contributed by atoms with Gasteiger partial charge in [0.05, 0.1) is 18.8 Å². The number of nitrogens with one attached hydrogen (secondary N) is 1. The summed E-state index contributed by atoms with van der Waals surface area (Å²) in [5, 5.41) is 22.2. The molecule has 1 saturated carbocycles. The van der Waals surface area contributed by atoms with E-state index in [0.29, 0.717) is 25.2 Å². The summed E-state index contributed by atoms with van der Waals surface area (Å²) in [7, 11) is 0. The molecule has 1 fully saturated rings. The topological polar surface area (TPSA) is 61.7 Å². The molecule has 0 aliphatic heterocycles. The van der Waals surface area contributed by atoms with Crippen molar-refractivity contribution >= 4 is 0 Å². The van der Waals surface area contributed by atoms with Crippen LogP contribution in [-0.2, 0) is 4.74 Å². The number of ether oxygens (including phenoxy) is 1. The predicted molar refractivity (Wildman–Crippen MR) is 86.3 cm³/mol. The van der Waals surface area contributed by atoms with Crippen LogP contribution in [0.1, 0.15) is 59.3 Å². The van der Waals surface area contributed by atoms with E-state index in [1.54, 1.807) is 0 Å². The Balaban J connectivity index is 2.11. The van der Waals surface area contributed by atoms with E-state index in [4.69, 9.17) is 9.84 Å². The molecule has 1 rings (SSSR count). The fourth-order valence-electron chi connectivity index (χ4n) is 3.05. The first-order valence-corrected chi connectivity index (χ1v) is 8.56. The van der Waals surface area contributed by atoms with Crippen LogP contribution in [0.25, 0.3) is 0 Å². The largest absolute Gasteiger partial charge is 0.396 e. The third kappa shape index (κ3) is 8.15. The monoisotopic (exact) mass is 301 g/mol. The van der Waals surface area contributed by atoms with Gasteiger partial charge < -0.3 is 20.3 Å². The van der Waals surface area contributed by atoms with Crippen molar-refractivity contribution in [2.45, 2.75) is 71.5 Å². The molecule has 1 aliphatic carbocycles. The highest BCUT2D eigenvalue weighted by molar-refractivity contribution is 4.75. The summed E-state index contributed by atoms with van der Waals surface area (Å²) in [6.45, 7) is 8.72. The summed E-state index contributed by atoms with van der Waals surface area (Å²) < 4.78 is 5.88. The van der Waals surface area contributed by atoms with E-state index in [0.717, 1.165) is 25.8 Å². The van der Waals surface area contributed by atoms with Crippen LogP contribution in [0, 0.1) is 11.3 Å². The van der Waals surface area contributed by atoms with E-state index in [2.05, 4.69) is 26.1 Å². The zero-order valence-electron chi connectivity index (χ0n) is 14.1. The van der Waals surface area contributed by atoms with E-state index >= 15 is 0 Å². The van der Waals surface area contributed by atoms with Crippen molar-refractivity contribution in [3.63, 3.8) is 0 Å². The Kier molecular flexibility index (Phi) is 8.79. The second kappa shape index (κ2) is 9.78. The van der Waals surface area contributed by atoms with Gasteiger partial charge in [-0.15, -0.1) is 0 Å². The molecule has 0 aromatic carbocycles. The van der Waals surface area contributed by atoms with Gasteiger partial charge in [-0.05, 0) is 37.0 Å². The van der Waals surface area contributed by atoms with Crippen LogP contribution in [-0.4, -0.2) is 48.7 Å². The van der Waals surface area contributed by atoms with E-state index in [1.165, 1.54) is 19.3 Å². The van der Waals surface area contributed by atoms with Crippen LogP contribution in [0.15, 0.2) is 0 Å². The molecular formula is C17H35NO3. The predicted octanol–water partition coefficient (Wildman–Crippen LogP) is 2.33. The number of aliphatic hydroxyl groups is 2. The van der Waals surface area contributed by atoms with Crippen molar-refractivity contribution in [2.24, 2.45) is 11.3 Å². The minimum atomic E-state index is -0.437. The molecule has 0 aromatic rings. The van der Waals surface area contributed by atoms with Crippen LogP contribution in [0.3, 0.4) is 0 Å². The Morgan fingerprint density at radius 3 is 2.67 bits per heavy atom. The van der Waals surface area contributed by atoms with Gasteiger partial charge in [-0.3, -0.25) is 0 Å². The number of rotatable bonds is 10. The van der Waals surface area contributed by atoms with Crippen LogP contribution < -0.4 is 5.32 Å². The molecule has 0 radical (unpaired) electrons. The standard InChI is InChI=1S/C17H35NO3/c1-14-7-4-5-8-16(14)21-12-15(20)11-18-13-17(2,3)9-6-10-19/h14-16,18-20H,4-13H2,1-3H3. The smallest absolute Gasteiger partial charge is 0.0897 e. The summed E-state index contributed by atoms with van der Waals surface area (Å²) in [5.41, 5.74) is 0.154. The second-order valence-electron chi connectivity index (χ2n) is 7.41. The van der Waals surface area contributed by atoms with Crippen molar-refractivity contribution in [3.8, 4) is 0 Å². The minimum absolute atomic E-state index is 0.154. The highest BCUT2D eigenvalue weighted by Gasteiger charge is 2.23. The Morgan fingerprint density at radius 2 is 2.00 bits per heavy atom. The van der Waals surface area contributed by atoms with Crippen LogP contribution in [0.4, 0.5) is 0 Å². The first-order valence-electron chi connectivity index (χ1n) is 8.56. The highest BCUT2D eigenvalue weighted by Crippen LogP contribution is 2.26. The molecule has 1 aliphatic rings. The minimum Gasteiger partial charge on any atom is -0.396 e. The van der Waals surface area contributed by atoms with E-state index < -0.39 is 6.10 Å².